The lowest BCUT2D eigenvalue weighted by Gasteiger charge is -2.28. The summed E-state index contributed by atoms with van der Waals surface area (Å²) in [6, 6.07) is 17.9. The quantitative estimate of drug-likeness (QED) is 0.0900. The summed E-state index contributed by atoms with van der Waals surface area (Å²) in [4.78, 5) is 50.4. The van der Waals surface area contributed by atoms with Crippen molar-refractivity contribution in [2.24, 2.45) is 5.92 Å². The van der Waals surface area contributed by atoms with Crippen LogP contribution in [0.3, 0.4) is 0 Å². The Morgan fingerprint density at radius 1 is 0.673 bits per heavy atom. The number of amides is 3. The van der Waals surface area contributed by atoms with Crippen LogP contribution in [0.25, 0.3) is 0 Å². The second-order valence-electron chi connectivity index (χ2n) is 15.7. The number of unbranched alkanes of at least 4 members (excludes halogenated alkanes) is 1. The molecule has 0 radical (unpaired) electrons. The number of benzene rings is 2. The summed E-state index contributed by atoms with van der Waals surface area (Å²) >= 11 is 0. The zero-order valence-electron chi connectivity index (χ0n) is 32.4. The van der Waals surface area contributed by atoms with Crippen LogP contribution in [0.5, 0.6) is 0 Å². The highest BCUT2D eigenvalue weighted by Crippen LogP contribution is 2.12. The minimum absolute atomic E-state index is 0.128. The molecule has 0 heterocycles. The molecule has 12 nitrogen and oxygen atoms in total. The number of carboxylic acid groups (broad SMARTS) is 1. The molecule has 0 aliphatic heterocycles. The van der Waals surface area contributed by atoms with Gasteiger partial charge < -0.3 is 41.2 Å². The van der Waals surface area contributed by atoms with Crippen molar-refractivity contribution in [3.63, 3.8) is 0 Å². The Bertz CT molecular complexity index is 1360. The Labute approximate surface area is 310 Å². The van der Waals surface area contributed by atoms with Crippen LogP contribution in [0.15, 0.2) is 60.7 Å². The molecule has 0 unspecified atom stereocenters. The third-order valence-corrected chi connectivity index (χ3v) is 7.86. The second kappa shape index (κ2) is 22.0. The summed E-state index contributed by atoms with van der Waals surface area (Å²) < 4.78 is 10.8. The lowest BCUT2D eigenvalue weighted by atomic mass is 10.00. The van der Waals surface area contributed by atoms with Gasteiger partial charge in [-0.2, -0.15) is 0 Å². The number of nitrogens with one attached hydrogen (secondary N) is 5. The first-order valence-electron chi connectivity index (χ1n) is 18.4. The molecular formula is C40H63N5O7. The van der Waals surface area contributed by atoms with Crippen molar-refractivity contribution in [1.82, 2.24) is 26.6 Å². The van der Waals surface area contributed by atoms with Crippen LogP contribution < -0.4 is 26.6 Å². The van der Waals surface area contributed by atoms with Gasteiger partial charge in [-0.1, -0.05) is 74.5 Å². The van der Waals surface area contributed by atoms with E-state index >= 15 is 0 Å². The molecule has 12 heteroatoms. The number of carbonyl (C=O) groups excluding carboxylic acids is 3. The van der Waals surface area contributed by atoms with E-state index in [1.165, 1.54) is 0 Å². The van der Waals surface area contributed by atoms with Gasteiger partial charge in [-0.05, 0) is 97.1 Å². The fourth-order valence-electron chi connectivity index (χ4n) is 5.52. The summed E-state index contributed by atoms with van der Waals surface area (Å²) in [6.07, 6.45) is 1.98. The van der Waals surface area contributed by atoms with Crippen molar-refractivity contribution in [2.45, 2.75) is 129 Å². The second-order valence-corrected chi connectivity index (χ2v) is 15.7. The third-order valence-electron chi connectivity index (χ3n) is 7.86. The van der Waals surface area contributed by atoms with Crippen LogP contribution >= 0.6 is 0 Å². The SMILES string of the molecule is CC(C)C[C@@H](NC[C@@H](Cc1ccccc1)NC[C@@H](Cc1ccccc1)NC(=O)OC(C)(C)C)C(=O)N[C@H](CCCCNC(=O)OC(C)(C)C)C(=O)O. The van der Waals surface area contributed by atoms with Crippen molar-refractivity contribution in [1.29, 1.82) is 0 Å². The van der Waals surface area contributed by atoms with E-state index < -0.39 is 41.4 Å². The third kappa shape index (κ3) is 20.0. The van der Waals surface area contributed by atoms with Gasteiger partial charge in [-0.3, -0.25) is 4.79 Å². The highest BCUT2D eigenvalue weighted by Gasteiger charge is 2.27. The van der Waals surface area contributed by atoms with Crippen LogP contribution in [0, 0.1) is 5.92 Å². The topological polar surface area (TPSA) is 167 Å². The van der Waals surface area contributed by atoms with E-state index in [-0.39, 0.29) is 30.3 Å². The maximum Gasteiger partial charge on any atom is 0.407 e. The van der Waals surface area contributed by atoms with E-state index in [2.05, 4.69) is 26.6 Å². The number of aliphatic carboxylic acids is 1. The maximum atomic E-state index is 13.6. The smallest absolute Gasteiger partial charge is 0.407 e. The first-order chi connectivity index (χ1) is 24.4. The van der Waals surface area contributed by atoms with Crippen molar-refractivity contribution in [3.8, 4) is 0 Å². The minimum atomic E-state index is -1.11. The van der Waals surface area contributed by atoms with E-state index in [1.54, 1.807) is 20.8 Å². The van der Waals surface area contributed by atoms with Gasteiger partial charge in [-0.15, -0.1) is 0 Å². The minimum Gasteiger partial charge on any atom is -0.480 e. The summed E-state index contributed by atoms with van der Waals surface area (Å²) in [5.41, 5.74) is 0.937. The fourth-order valence-corrected chi connectivity index (χ4v) is 5.52. The molecule has 0 spiro atoms. The largest absolute Gasteiger partial charge is 0.480 e. The first kappa shape index (κ1) is 44.0. The van der Waals surface area contributed by atoms with Crippen molar-refractivity contribution < 1.29 is 33.8 Å². The molecule has 0 aromatic heterocycles. The van der Waals surface area contributed by atoms with Gasteiger partial charge in [-0.25, -0.2) is 14.4 Å². The summed E-state index contributed by atoms with van der Waals surface area (Å²) in [5.74, 6) is -1.32. The van der Waals surface area contributed by atoms with Crippen LogP contribution in [0.1, 0.15) is 92.2 Å². The Kier molecular flexibility index (Phi) is 18.6. The number of carbonyl (C=O) groups is 4. The van der Waals surface area contributed by atoms with Crippen LogP contribution in [0.2, 0.25) is 0 Å². The number of hydrogen-bond acceptors (Lipinski definition) is 8. The Morgan fingerprint density at radius 3 is 1.71 bits per heavy atom. The molecule has 6 N–H and O–H groups in total. The van der Waals surface area contributed by atoms with E-state index in [0.717, 1.165) is 11.1 Å². The molecule has 2 rings (SSSR count). The van der Waals surface area contributed by atoms with Crippen molar-refractivity contribution in [2.75, 3.05) is 19.6 Å². The van der Waals surface area contributed by atoms with Gasteiger partial charge in [0.05, 0.1) is 6.04 Å². The summed E-state index contributed by atoms with van der Waals surface area (Å²) in [5, 5.41) is 25.4. The number of alkyl carbamates (subject to hydrolysis) is 2. The standard InChI is InChI=1S/C40H63N5O7/c1-28(2)23-34(35(46)45-33(36(47)48)21-15-16-22-41-37(49)51-39(3,4)5)43-26-31(24-29-17-11-9-12-18-29)42-27-32(25-30-19-13-10-14-20-30)44-38(50)52-40(6,7)8/h9-14,17-20,28,31-34,42-43H,15-16,21-27H2,1-8H3,(H,41,49)(H,44,50)(H,45,46)(H,47,48)/t31-,32-,33-,34-/m1/s1. The molecule has 0 aliphatic rings. The summed E-state index contributed by atoms with van der Waals surface area (Å²) in [7, 11) is 0. The van der Waals surface area contributed by atoms with E-state index in [4.69, 9.17) is 9.47 Å². The molecule has 2 aromatic carbocycles. The van der Waals surface area contributed by atoms with Gasteiger partial charge in [0.1, 0.15) is 17.2 Å². The van der Waals surface area contributed by atoms with Crippen LogP contribution in [-0.2, 0) is 31.9 Å². The predicted octanol–water partition coefficient (Wildman–Crippen LogP) is 5.59. The molecule has 4 atom stereocenters. The van der Waals surface area contributed by atoms with Crippen LogP contribution in [0.4, 0.5) is 9.59 Å². The van der Waals surface area contributed by atoms with E-state index in [9.17, 15) is 24.3 Å². The Morgan fingerprint density at radius 2 is 1.19 bits per heavy atom. The normalized spacial score (nSPS) is 14.1. The lowest BCUT2D eigenvalue weighted by molar-refractivity contribution is -0.142. The Balaban J connectivity index is 2.11. The number of carboxylic acids is 1. The van der Waals surface area contributed by atoms with E-state index in [1.807, 2.05) is 95.3 Å². The molecular weight excluding hydrogens is 662 g/mol. The first-order valence-corrected chi connectivity index (χ1v) is 18.4. The molecule has 0 saturated heterocycles. The van der Waals surface area contributed by atoms with Gasteiger partial charge in [0.15, 0.2) is 0 Å². The van der Waals surface area contributed by atoms with Crippen molar-refractivity contribution in [3.05, 3.63) is 71.8 Å². The van der Waals surface area contributed by atoms with Gasteiger partial charge >= 0.3 is 18.2 Å². The van der Waals surface area contributed by atoms with Gasteiger partial charge in [0.2, 0.25) is 5.91 Å². The molecule has 3 amide bonds. The number of hydrogen-bond donors (Lipinski definition) is 6. The van der Waals surface area contributed by atoms with Crippen LogP contribution in [-0.4, -0.2) is 84.2 Å². The average Bonchev–Trinajstić information content (AvgIpc) is 3.03. The predicted molar refractivity (Wildman–Crippen MR) is 204 cm³/mol. The number of rotatable bonds is 21. The van der Waals surface area contributed by atoms with Crippen molar-refractivity contribution >= 4 is 24.1 Å². The molecule has 2 aromatic rings. The van der Waals surface area contributed by atoms with Gasteiger partial charge in [0, 0.05) is 31.7 Å². The molecule has 290 valence electrons. The highest BCUT2D eigenvalue weighted by atomic mass is 16.6. The molecule has 0 bridgehead atoms. The highest BCUT2D eigenvalue weighted by molar-refractivity contribution is 5.87. The fraction of sp³-hybridized carbons (Fsp3) is 0.600. The Hall–Kier alpha value is -4.16. The monoisotopic (exact) mass is 725 g/mol. The average molecular weight is 726 g/mol. The summed E-state index contributed by atoms with van der Waals surface area (Å²) in [6.45, 7) is 16.1. The zero-order chi connectivity index (χ0) is 38.7. The molecule has 0 saturated carbocycles. The number of ether oxygens (including phenoxy) is 2. The zero-order valence-corrected chi connectivity index (χ0v) is 32.4. The lowest BCUT2D eigenvalue weighted by Crippen LogP contribution is -2.54. The van der Waals surface area contributed by atoms with Gasteiger partial charge in [0.25, 0.3) is 0 Å². The van der Waals surface area contributed by atoms with E-state index in [0.29, 0.717) is 51.7 Å². The maximum absolute atomic E-state index is 13.6. The molecule has 0 aliphatic carbocycles. The molecule has 52 heavy (non-hydrogen) atoms. The molecule has 0 fully saturated rings.